The molecule has 4 rings (SSSR count). The molecule has 3 heterocycles. The first kappa shape index (κ1) is 20.3. The van der Waals surface area contributed by atoms with Gasteiger partial charge in [0.15, 0.2) is 11.5 Å². The Morgan fingerprint density at radius 3 is 2.40 bits per heavy atom. The van der Waals surface area contributed by atoms with Gasteiger partial charge in [0.25, 0.3) is 5.56 Å². The average molecular weight is 428 g/mol. The molecule has 30 heavy (non-hydrogen) atoms. The first-order valence-electron chi connectivity index (χ1n) is 9.96. The second kappa shape index (κ2) is 8.39. The monoisotopic (exact) mass is 427 g/mol. The summed E-state index contributed by atoms with van der Waals surface area (Å²) in [4.78, 5) is 49.0. The highest BCUT2D eigenvalue weighted by atomic mass is 35.5. The first-order chi connectivity index (χ1) is 14.5. The SMILES string of the molecule is Cn1c(=O)n(CC(=O)N2CCCCCC2)c(=O)c2cnc(-c3ccc(Cl)cc3)nc21. The zero-order valence-electron chi connectivity index (χ0n) is 16.7. The van der Waals surface area contributed by atoms with Gasteiger partial charge in [0.05, 0.1) is 0 Å². The Labute approximate surface area is 177 Å². The highest BCUT2D eigenvalue weighted by Gasteiger charge is 2.20. The Balaban J connectivity index is 1.73. The summed E-state index contributed by atoms with van der Waals surface area (Å²) < 4.78 is 2.26. The van der Waals surface area contributed by atoms with Gasteiger partial charge in [0, 0.05) is 36.9 Å². The summed E-state index contributed by atoms with van der Waals surface area (Å²) in [5, 5.41) is 0.780. The van der Waals surface area contributed by atoms with E-state index >= 15 is 0 Å². The average Bonchev–Trinajstić information content (AvgIpc) is 3.05. The van der Waals surface area contributed by atoms with E-state index in [0.29, 0.717) is 29.5 Å². The number of aryl methyl sites for hydroxylation is 1. The van der Waals surface area contributed by atoms with Crippen molar-refractivity contribution in [2.75, 3.05) is 13.1 Å². The third kappa shape index (κ3) is 3.87. The smallest absolute Gasteiger partial charge is 0.332 e. The number of amides is 1. The van der Waals surface area contributed by atoms with Crippen LogP contribution >= 0.6 is 11.6 Å². The Morgan fingerprint density at radius 1 is 1.07 bits per heavy atom. The van der Waals surface area contributed by atoms with Crippen LogP contribution in [0.3, 0.4) is 0 Å². The molecule has 0 radical (unpaired) electrons. The molecular weight excluding hydrogens is 406 g/mol. The number of likely N-dealkylation sites (tertiary alicyclic amines) is 1. The third-order valence-electron chi connectivity index (χ3n) is 5.43. The molecule has 1 aromatic carbocycles. The molecule has 0 atom stereocenters. The predicted molar refractivity (Wildman–Crippen MR) is 115 cm³/mol. The van der Waals surface area contributed by atoms with Gasteiger partial charge in [-0.05, 0) is 37.1 Å². The zero-order valence-corrected chi connectivity index (χ0v) is 17.4. The minimum atomic E-state index is -0.573. The van der Waals surface area contributed by atoms with E-state index in [0.717, 1.165) is 30.3 Å². The van der Waals surface area contributed by atoms with E-state index in [4.69, 9.17) is 11.6 Å². The van der Waals surface area contributed by atoms with Crippen molar-refractivity contribution in [3.05, 3.63) is 56.3 Å². The van der Waals surface area contributed by atoms with Crippen LogP contribution in [0.1, 0.15) is 25.7 Å². The van der Waals surface area contributed by atoms with Crippen LogP contribution in [-0.2, 0) is 18.4 Å². The number of hydrogen-bond donors (Lipinski definition) is 0. The molecule has 0 N–H and O–H groups in total. The number of halogens is 1. The van der Waals surface area contributed by atoms with Crippen molar-refractivity contribution in [1.82, 2.24) is 24.0 Å². The Bertz CT molecular complexity index is 1210. The number of hydrogen-bond acceptors (Lipinski definition) is 5. The van der Waals surface area contributed by atoms with E-state index in [1.807, 2.05) is 0 Å². The standard InChI is InChI=1S/C21H22ClN5O3/c1-25-19-16(12-23-18(24-19)14-6-8-15(22)9-7-14)20(29)27(21(25)30)13-17(28)26-10-4-2-3-5-11-26/h6-9,12H,2-5,10-11,13H2,1H3. The van der Waals surface area contributed by atoms with Gasteiger partial charge in [0.1, 0.15) is 11.9 Å². The van der Waals surface area contributed by atoms with Crippen molar-refractivity contribution in [3.8, 4) is 11.4 Å². The minimum absolute atomic E-state index is 0.193. The van der Waals surface area contributed by atoms with Gasteiger partial charge in [-0.3, -0.25) is 18.7 Å². The molecule has 0 bridgehead atoms. The number of carbonyl (C=O) groups is 1. The van der Waals surface area contributed by atoms with Gasteiger partial charge in [-0.1, -0.05) is 24.4 Å². The van der Waals surface area contributed by atoms with Crippen molar-refractivity contribution >= 4 is 28.5 Å². The van der Waals surface area contributed by atoms with Crippen LogP contribution in [-0.4, -0.2) is 43.0 Å². The van der Waals surface area contributed by atoms with Crippen LogP contribution in [0.4, 0.5) is 0 Å². The van der Waals surface area contributed by atoms with E-state index in [9.17, 15) is 14.4 Å². The van der Waals surface area contributed by atoms with E-state index in [1.54, 1.807) is 29.2 Å². The highest BCUT2D eigenvalue weighted by Crippen LogP contribution is 2.19. The van der Waals surface area contributed by atoms with Gasteiger partial charge in [-0.15, -0.1) is 0 Å². The molecule has 3 aromatic rings. The fourth-order valence-electron chi connectivity index (χ4n) is 3.72. The third-order valence-corrected chi connectivity index (χ3v) is 5.69. The molecular formula is C21H22ClN5O3. The molecule has 156 valence electrons. The molecule has 0 unspecified atom stereocenters. The molecule has 0 aliphatic carbocycles. The molecule has 0 saturated carbocycles. The summed E-state index contributed by atoms with van der Waals surface area (Å²) in [5.41, 5.74) is -0.187. The van der Waals surface area contributed by atoms with E-state index in [2.05, 4.69) is 9.97 Å². The molecule has 1 saturated heterocycles. The quantitative estimate of drug-likeness (QED) is 0.639. The Kier molecular flexibility index (Phi) is 5.67. The van der Waals surface area contributed by atoms with Crippen LogP contribution in [0.25, 0.3) is 22.4 Å². The van der Waals surface area contributed by atoms with Crippen molar-refractivity contribution in [2.45, 2.75) is 32.2 Å². The first-order valence-corrected chi connectivity index (χ1v) is 10.3. The van der Waals surface area contributed by atoms with Crippen molar-refractivity contribution in [1.29, 1.82) is 0 Å². The van der Waals surface area contributed by atoms with Crippen LogP contribution in [0.15, 0.2) is 40.1 Å². The van der Waals surface area contributed by atoms with Gasteiger partial charge in [-0.25, -0.2) is 14.8 Å². The second-order valence-electron chi connectivity index (χ2n) is 7.47. The molecule has 1 aliphatic heterocycles. The molecule has 2 aromatic heterocycles. The summed E-state index contributed by atoms with van der Waals surface area (Å²) in [6, 6.07) is 6.97. The predicted octanol–water partition coefficient (Wildman–Crippen LogP) is 2.21. The van der Waals surface area contributed by atoms with Crippen LogP contribution < -0.4 is 11.2 Å². The maximum Gasteiger partial charge on any atom is 0.332 e. The lowest BCUT2D eigenvalue weighted by Crippen LogP contribution is -2.44. The van der Waals surface area contributed by atoms with Crippen molar-refractivity contribution in [3.63, 3.8) is 0 Å². The van der Waals surface area contributed by atoms with Crippen molar-refractivity contribution in [2.24, 2.45) is 7.05 Å². The number of fused-ring (bicyclic) bond motifs is 1. The number of benzene rings is 1. The Morgan fingerprint density at radius 2 is 1.73 bits per heavy atom. The van der Waals surface area contributed by atoms with Gasteiger partial charge >= 0.3 is 5.69 Å². The summed E-state index contributed by atoms with van der Waals surface area (Å²) in [7, 11) is 1.54. The van der Waals surface area contributed by atoms with Crippen LogP contribution in [0.5, 0.6) is 0 Å². The van der Waals surface area contributed by atoms with Gasteiger partial charge in [0.2, 0.25) is 5.91 Å². The van der Waals surface area contributed by atoms with E-state index < -0.39 is 11.2 Å². The highest BCUT2D eigenvalue weighted by molar-refractivity contribution is 6.30. The lowest BCUT2D eigenvalue weighted by atomic mass is 10.2. The van der Waals surface area contributed by atoms with Crippen LogP contribution in [0, 0.1) is 0 Å². The normalized spacial score (nSPS) is 14.7. The lowest BCUT2D eigenvalue weighted by Gasteiger charge is -2.20. The Hall–Kier alpha value is -3.00. The van der Waals surface area contributed by atoms with Crippen LogP contribution in [0.2, 0.25) is 5.02 Å². The summed E-state index contributed by atoms with van der Waals surface area (Å²) in [6.45, 7) is 1.05. The molecule has 8 nitrogen and oxygen atoms in total. The maximum atomic E-state index is 13.0. The molecule has 9 heteroatoms. The largest absolute Gasteiger partial charge is 0.341 e. The summed E-state index contributed by atoms with van der Waals surface area (Å²) >= 11 is 5.92. The van der Waals surface area contributed by atoms with Crippen molar-refractivity contribution < 1.29 is 4.79 Å². The maximum absolute atomic E-state index is 13.0. The summed E-state index contributed by atoms with van der Waals surface area (Å²) in [6.07, 6.45) is 5.47. The van der Waals surface area contributed by atoms with Gasteiger partial charge in [-0.2, -0.15) is 0 Å². The molecule has 1 amide bonds. The fourth-order valence-corrected chi connectivity index (χ4v) is 3.84. The number of carbonyl (C=O) groups excluding carboxylic acids is 1. The van der Waals surface area contributed by atoms with Gasteiger partial charge < -0.3 is 4.90 Å². The number of rotatable bonds is 3. The topological polar surface area (TPSA) is 90.1 Å². The van der Waals surface area contributed by atoms with E-state index in [1.165, 1.54) is 17.8 Å². The minimum Gasteiger partial charge on any atom is -0.341 e. The lowest BCUT2D eigenvalue weighted by molar-refractivity contribution is -0.131. The zero-order chi connectivity index (χ0) is 21.3. The molecule has 1 fully saturated rings. The fraction of sp³-hybridized carbons (Fsp3) is 0.381. The number of nitrogens with zero attached hydrogens (tertiary/aromatic N) is 5. The second-order valence-corrected chi connectivity index (χ2v) is 7.90. The summed E-state index contributed by atoms with van der Waals surface area (Å²) in [5.74, 6) is 0.168. The van der Waals surface area contributed by atoms with E-state index in [-0.39, 0.29) is 23.5 Å². The molecule has 0 spiro atoms. The molecule has 1 aliphatic rings. The number of aromatic nitrogens is 4.